The molecular formula is C28H25NO6. The smallest absolute Gasteiger partial charge is 0.260 e. The molecule has 35 heavy (non-hydrogen) atoms. The molecule has 0 radical (unpaired) electrons. The molecule has 0 aliphatic carbocycles. The first-order valence-electron chi connectivity index (χ1n) is 11.4. The quantitative estimate of drug-likeness (QED) is 0.399. The van der Waals surface area contributed by atoms with Crippen molar-refractivity contribution in [1.29, 1.82) is 0 Å². The summed E-state index contributed by atoms with van der Waals surface area (Å²) in [6, 6.07) is 20.1. The number of hydrogen-bond acceptors (Lipinski definition) is 6. The van der Waals surface area contributed by atoms with Crippen molar-refractivity contribution in [2.24, 2.45) is 0 Å². The SMILES string of the molecule is COc1ccccc1Oc1c(C)oc2cc(OCC(=O)N3CCc4ccccc4C3)ccc2c1=O. The Morgan fingerprint density at radius 1 is 1.00 bits per heavy atom. The van der Waals surface area contributed by atoms with Crippen LogP contribution in [0.2, 0.25) is 0 Å². The third-order valence-corrected chi connectivity index (χ3v) is 6.11. The van der Waals surface area contributed by atoms with Gasteiger partial charge in [-0.1, -0.05) is 36.4 Å². The molecule has 4 aromatic rings. The summed E-state index contributed by atoms with van der Waals surface area (Å²) in [6.07, 6.45) is 0.835. The third kappa shape index (κ3) is 4.57. The zero-order chi connectivity index (χ0) is 24.4. The van der Waals surface area contributed by atoms with Gasteiger partial charge in [0.25, 0.3) is 5.91 Å². The van der Waals surface area contributed by atoms with Gasteiger partial charge in [0.1, 0.15) is 17.1 Å². The average molecular weight is 472 g/mol. The second-order valence-electron chi connectivity index (χ2n) is 8.35. The van der Waals surface area contributed by atoms with Gasteiger partial charge in [0.2, 0.25) is 11.2 Å². The van der Waals surface area contributed by atoms with Crippen molar-refractivity contribution in [3.63, 3.8) is 0 Å². The minimum Gasteiger partial charge on any atom is -0.493 e. The molecule has 0 saturated carbocycles. The number of carbonyl (C=O) groups is 1. The molecule has 1 amide bonds. The number of rotatable bonds is 6. The number of carbonyl (C=O) groups excluding carboxylic acids is 1. The van der Waals surface area contributed by atoms with Crippen molar-refractivity contribution in [3.05, 3.63) is 93.8 Å². The van der Waals surface area contributed by atoms with Crippen LogP contribution in [0, 0.1) is 6.92 Å². The molecule has 1 aliphatic rings. The lowest BCUT2D eigenvalue weighted by Gasteiger charge is -2.28. The molecule has 0 fully saturated rings. The molecule has 0 spiro atoms. The fourth-order valence-corrected chi connectivity index (χ4v) is 4.23. The van der Waals surface area contributed by atoms with Gasteiger partial charge < -0.3 is 23.5 Å². The highest BCUT2D eigenvalue weighted by molar-refractivity contribution is 5.81. The lowest BCUT2D eigenvalue weighted by atomic mass is 10.00. The normalized spacial score (nSPS) is 12.8. The van der Waals surface area contributed by atoms with E-state index < -0.39 is 0 Å². The van der Waals surface area contributed by atoms with Gasteiger partial charge in [-0.05, 0) is 48.7 Å². The van der Waals surface area contributed by atoms with Crippen LogP contribution in [0.15, 0.2) is 75.9 Å². The first-order chi connectivity index (χ1) is 17.0. The Kier molecular flexibility index (Phi) is 6.14. The Hall–Kier alpha value is -4.26. The molecule has 0 atom stereocenters. The summed E-state index contributed by atoms with van der Waals surface area (Å²) in [6.45, 7) is 2.82. The molecule has 5 rings (SSSR count). The van der Waals surface area contributed by atoms with Crippen LogP contribution in [-0.2, 0) is 17.8 Å². The fourth-order valence-electron chi connectivity index (χ4n) is 4.23. The standard InChI is InChI=1S/C28H25NO6/c1-18-28(35-24-10-6-5-9-23(24)32-2)27(31)22-12-11-21(15-25(22)34-18)33-17-26(30)29-14-13-19-7-3-4-8-20(19)16-29/h3-12,15H,13-14,16-17H2,1-2H3. The minimum absolute atomic E-state index is 0.0854. The van der Waals surface area contributed by atoms with E-state index in [1.807, 2.05) is 18.2 Å². The lowest BCUT2D eigenvalue weighted by molar-refractivity contribution is -0.134. The highest BCUT2D eigenvalue weighted by atomic mass is 16.5. The highest BCUT2D eigenvalue weighted by Gasteiger charge is 2.21. The van der Waals surface area contributed by atoms with Gasteiger partial charge >= 0.3 is 0 Å². The maximum absolute atomic E-state index is 13.1. The summed E-state index contributed by atoms with van der Waals surface area (Å²) < 4.78 is 22.8. The second-order valence-corrected chi connectivity index (χ2v) is 8.35. The van der Waals surface area contributed by atoms with Gasteiger partial charge in [0.05, 0.1) is 12.5 Å². The van der Waals surface area contributed by atoms with E-state index in [0.717, 1.165) is 6.42 Å². The monoisotopic (exact) mass is 471 g/mol. The van der Waals surface area contributed by atoms with Crippen LogP contribution in [0.1, 0.15) is 16.9 Å². The fraction of sp³-hybridized carbons (Fsp3) is 0.214. The van der Waals surface area contributed by atoms with Gasteiger partial charge in [0, 0.05) is 19.2 Å². The molecule has 0 N–H and O–H groups in total. The van der Waals surface area contributed by atoms with E-state index >= 15 is 0 Å². The molecule has 0 bridgehead atoms. The minimum atomic E-state index is -0.302. The van der Waals surface area contributed by atoms with Crippen LogP contribution in [0.5, 0.6) is 23.0 Å². The van der Waals surface area contributed by atoms with E-state index in [1.165, 1.54) is 18.2 Å². The Labute approximate surface area is 202 Å². The number of benzene rings is 3. The van der Waals surface area contributed by atoms with Crippen LogP contribution in [0.4, 0.5) is 0 Å². The molecule has 0 saturated heterocycles. The van der Waals surface area contributed by atoms with Crippen molar-refractivity contribution < 1.29 is 23.4 Å². The van der Waals surface area contributed by atoms with Gasteiger partial charge in [-0.2, -0.15) is 0 Å². The zero-order valence-electron chi connectivity index (χ0n) is 19.6. The molecule has 2 heterocycles. The van der Waals surface area contributed by atoms with Gasteiger partial charge in [-0.15, -0.1) is 0 Å². The van der Waals surface area contributed by atoms with Gasteiger partial charge in [0.15, 0.2) is 18.1 Å². The number of hydrogen-bond donors (Lipinski definition) is 0. The van der Waals surface area contributed by atoms with E-state index in [-0.39, 0.29) is 23.7 Å². The maximum atomic E-state index is 13.1. The molecule has 3 aromatic carbocycles. The van der Waals surface area contributed by atoms with Crippen molar-refractivity contribution in [2.75, 3.05) is 20.3 Å². The molecule has 7 heteroatoms. The molecule has 178 valence electrons. The summed E-state index contributed by atoms with van der Waals surface area (Å²) in [5, 5.41) is 0.354. The van der Waals surface area contributed by atoms with Crippen molar-refractivity contribution in [2.45, 2.75) is 19.9 Å². The number of nitrogens with zero attached hydrogens (tertiary/aromatic N) is 1. The summed E-state index contributed by atoms with van der Waals surface area (Å²) in [4.78, 5) is 27.6. The van der Waals surface area contributed by atoms with Gasteiger partial charge in [-0.3, -0.25) is 9.59 Å². The van der Waals surface area contributed by atoms with E-state index in [9.17, 15) is 9.59 Å². The average Bonchev–Trinajstić information content (AvgIpc) is 2.89. The van der Waals surface area contributed by atoms with E-state index in [0.29, 0.717) is 47.1 Å². The number of aryl methyl sites for hydroxylation is 1. The third-order valence-electron chi connectivity index (χ3n) is 6.11. The predicted octanol–water partition coefficient (Wildman–Crippen LogP) is 4.87. The largest absolute Gasteiger partial charge is 0.493 e. The Balaban J connectivity index is 1.31. The Morgan fingerprint density at radius 3 is 2.54 bits per heavy atom. The summed E-state index contributed by atoms with van der Waals surface area (Å²) in [5.74, 6) is 1.72. The van der Waals surface area contributed by atoms with Crippen LogP contribution in [-0.4, -0.2) is 31.1 Å². The van der Waals surface area contributed by atoms with Crippen LogP contribution in [0.25, 0.3) is 11.0 Å². The van der Waals surface area contributed by atoms with Crippen molar-refractivity contribution in [3.8, 4) is 23.0 Å². The van der Waals surface area contributed by atoms with Crippen molar-refractivity contribution in [1.82, 2.24) is 4.90 Å². The first kappa shape index (κ1) is 22.5. The predicted molar refractivity (Wildman–Crippen MR) is 131 cm³/mol. The zero-order valence-corrected chi connectivity index (χ0v) is 19.6. The number of fused-ring (bicyclic) bond motifs is 2. The Bertz CT molecular complexity index is 1460. The second kappa shape index (κ2) is 9.54. The maximum Gasteiger partial charge on any atom is 0.260 e. The molecule has 0 unspecified atom stereocenters. The van der Waals surface area contributed by atoms with E-state index in [2.05, 4.69) is 12.1 Å². The summed E-state index contributed by atoms with van der Waals surface area (Å²) >= 11 is 0. The van der Waals surface area contributed by atoms with E-state index in [1.54, 1.807) is 48.2 Å². The van der Waals surface area contributed by atoms with Gasteiger partial charge in [-0.25, -0.2) is 0 Å². The summed E-state index contributed by atoms with van der Waals surface area (Å²) in [5.41, 5.74) is 2.51. The molecule has 1 aromatic heterocycles. The topological polar surface area (TPSA) is 78.2 Å². The number of methoxy groups -OCH3 is 1. The first-order valence-corrected chi connectivity index (χ1v) is 11.4. The van der Waals surface area contributed by atoms with Crippen LogP contribution >= 0.6 is 0 Å². The summed E-state index contributed by atoms with van der Waals surface area (Å²) in [7, 11) is 1.54. The lowest BCUT2D eigenvalue weighted by Crippen LogP contribution is -2.38. The van der Waals surface area contributed by atoms with Crippen LogP contribution < -0.4 is 19.6 Å². The highest BCUT2D eigenvalue weighted by Crippen LogP contribution is 2.32. The molecule has 1 aliphatic heterocycles. The number of amides is 1. The molecular weight excluding hydrogens is 446 g/mol. The Morgan fingerprint density at radius 2 is 1.74 bits per heavy atom. The van der Waals surface area contributed by atoms with Crippen LogP contribution in [0.3, 0.4) is 0 Å². The van der Waals surface area contributed by atoms with E-state index in [4.69, 9.17) is 18.6 Å². The number of ether oxygens (including phenoxy) is 3. The van der Waals surface area contributed by atoms with Crippen molar-refractivity contribution >= 4 is 16.9 Å². The number of para-hydroxylation sites is 2. The molecule has 7 nitrogen and oxygen atoms in total.